The van der Waals surface area contributed by atoms with E-state index in [0.29, 0.717) is 0 Å². The Labute approximate surface area is 105 Å². The van der Waals surface area contributed by atoms with Gasteiger partial charge in [-0.3, -0.25) is 0 Å². The van der Waals surface area contributed by atoms with Crippen molar-refractivity contribution >= 4 is 0 Å². The molecule has 0 saturated carbocycles. The first-order chi connectivity index (χ1) is 8.36. The maximum atomic E-state index is 5.14. The van der Waals surface area contributed by atoms with Crippen molar-refractivity contribution in [3.8, 4) is 0 Å². The van der Waals surface area contributed by atoms with Crippen LogP contribution < -0.4 is 0 Å². The predicted molar refractivity (Wildman–Crippen MR) is 71.0 cm³/mol. The number of ether oxygens (including phenoxy) is 1. The molecule has 1 heterocycles. The molecule has 0 amide bonds. The molecule has 0 aliphatic rings. The maximum absolute atomic E-state index is 5.14. The van der Waals surface area contributed by atoms with E-state index in [0.717, 1.165) is 19.1 Å². The Morgan fingerprint density at radius 1 is 1.24 bits per heavy atom. The number of hydrogen-bond donors (Lipinski definition) is 0. The van der Waals surface area contributed by atoms with Crippen LogP contribution in [0.25, 0.3) is 0 Å². The van der Waals surface area contributed by atoms with Crippen molar-refractivity contribution in [2.45, 2.75) is 52.0 Å². The van der Waals surface area contributed by atoms with Gasteiger partial charge in [0.15, 0.2) is 0 Å². The lowest BCUT2D eigenvalue weighted by Gasteiger charge is -2.13. The first kappa shape index (κ1) is 14.2. The largest absolute Gasteiger partial charge is 0.385 e. The van der Waals surface area contributed by atoms with Crippen LogP contribution in [0, 0.1) is 5.92 Å². The van der Waals surface area contributed by atoms with Crippen LogP contribution in [-0.2, 0) is 11.3 Å². The summed E-state index contributed by atoms with van der Waals surface area (Å²) in [6.45, 7) is 4.30. The molecule has 3 heteroatoms. The van der Waals surface area contributed by atoms with Crippen molar-refractivity contribution in [3.05, 3.63) is 18.7 Å². The van der Waals surface area contributed by atoms with E-state index in [1.165, 1.54) is 38.5 Å². The first-order valence-corrected chi connectivity index (χ1v) is 6.81. The second-order valence-corrected chi connectivity index (χ2v) is 4.71. The second-order valence-electron chi connectivity index (χ2n) is 4.71. The van der Waals surface area contributed by atoms with Gasteiger partial charge in [0.05, 0.1) is 6.33 Å². The van der Waals surface area contributed by atoms with E-state index in [2.05, 4.69) is 16.5 Å². The van der Waals surface area contributed by atoms with Crippen LogP contribution in [-0.4, -0.2) is 23.3 Å². The van der Waals surface area contributed by atoms with E-state index in [1.54, 1.807) is 7.11 Å². The summed E-state index contributed by atoms with van der Waals surface area (Å²) < 4.78 is 7.30. The van der Waals surface area contributed by atoms with E-state index in [-0.39, 0.29) is 0 Å². The van der Waals surface area contributed by atoms with Gasteiger partial charge in [0.2, 0.25) is 0 Å². The maximum Gasteiger partial charge on any atom is 0.0945 e. The normalized spacial score (nSPS) is 12.8. The van der Waals surface area contributed by atoms with Crippen molar-refractivity contribution < 1.29 is 4.74 Å². The number of unbranched alkanes of at least 4 members (excludes halogenated alkanes) is 2. The Balaban J connectivity index is 1.98. The van der Waals surface area contributed by atoms with E-state index >= 15 is 0 Å². The highest BCUT2D eigenvalue weighted by molar-refractivity contribution is 4.73. The lowest BCUT2D eigenvalue weighted by Crippen LogP contribution is -2.03. The van der Waals surface area contributed by atoms with Gasteiger partial charge < -0.3 is 9.30 Å². The summed E-state index contributed by atoms with van der Waals surface area (Å²) in [5.41, 5.74) is 0. The summed E-state index contributed by atoms with van der Waals surface area (Å²) in [4.78, 5) is 4.05. The number of imidazole rings is 1. The minimum absolute atomic E-state index is 0.850. The molecule has 0 aliphatic carbocycles. The molecule has 1 aromatic rings. The van der Waals surface area contributed by atoms with Gasteiger partial charge in [0.1, 0.15) is 0 Å². The van der Waals surface area contributed by atoms with E-state index < -0.39 is 0 Å². The van der Waals surface area contributed by atoms with E-state index in [1.807, 2.05) is 18.7 Å². The van der Waals surface area contributed by atoms with Gasteiger partial charge in [-0.1, -0.05) is 32.6 Å². The third-order valence-electron chi connectivity index (χ3n) is 3.40. The minimum Gasteiger partial charge on any atom is -0.385 e. The zero-order chi connectivity index (χ0) is 12.3. The van der Waals surface area contributed by atoms with Crippen LogP contribution >= 0.6 is 0 Å². The molecular weight excluding hydrogens is 212 g/mol. The number of aromatic nitrogens is 2. The number of hydrogen-bond acceptors (Lipinski definition) is 2. The Bertz CT molecular complexity index is 259. The lowest BCUT2D eigenvalue weighted by molar-refractivity contribution is 0.173. The number of nitrogens with zero attached hydrogens (tertiary/aromatic N) is 2. The molecule has 0 aliphatic heterocycles. The minimum atomic E-state index is 0.850. The average Bonchev–Trinajstić information content (AvgIpc) is 2.85. The Morgan fingerprint density at radius 3 is 2.76 bits per heavy atom. The second kappa shape index (κ2) is 9.23. The Morgan fingerprint density at radius 2 is 2.12 bits per heavy atom. The first-order valence-electron chi connectivity index (χ1n) is 6.81. The third kappa shape index (κ3) is 6.47. The summed E-state index contributed by atoms with van der Waals surface area (Å²) >= 11 is 0. The molecule has 0 unspecified atom stereocenters. The Kier molecular flexibility index (Phi) is 7.72. The average molecular weight is 238 g/mol. The number of rotatable bonds is 10. The molecule has 98 valence electrons. The van der Waals surface area contributed by atoms with E-state index in [4.69, 9.17) is 4.74 Å². The monoisotopic (exact) mass is 238 g/mol. The molecule has 0 N–H and O–H groups in total. The van der Waals surface area contributed by atoms with Crippen molar-refractivity contribution in [1.82, 2.24) is 9.55 Å². The van der Waals surface area contributed by atoms with Crippen LogP contribution in [0.2, 0.25) is 0 Å². The van der Waals surface area contributed by atoms with Crippen LogP contribution in [0.15, 0.2) is 18.7 Å². The molecule has 1 aromatic heterocycles. The number of methoxy groups -OCH3 is 1. The molecule has 17 heavy (non-hydrogen) atoms. The molecule has 0 bridgehead atoms. The summed E-state index contributed by atoms with van der Waals surface area (Å²) in [6, 6.07) is 0. The highest BCUT2D eigenvalue weighted by Crippen LogP contribution is 2.17. The summed E-state index contributed by atoms with van der Waals surface area (Å²) in [7, 11) is 1.79. The fourth-order valence-electron chi connectivity index (χ4n) is 2.16. The summed E-state index contributed by atoms with van der Waals surface area (Å²) in [5, 5.41) is 0. The molecular formula is C14H26N2O. The number of aryl methyl sites for hydroxylation is 1. The highest BCUT2D eigenvalue weighted by Gasteiger charge is 2.05. The fourth-order valence-corrected chi connectivity index (χ4v) is 2.16. The molecule has 1 rings (SSSR count). The molecule has 0 radical (unpaired) electrons. The lowest BCUT2D eigenvalue weighted by atomic mass is 9.95. The molecule has 0 saturated heterocycles. The smallest absolute Gasteiger partial charge is 0.0945 e. The van der Waals surface area contributed by atoms with Gasteiger partial charge in [-0.15, -0.1) is 0 Å². The molecule has 0 spiro atoms. The molecule has 0 fully saturated rings. The highest BCUT2D eigenvalue weighted by atomic mass is 16.5. The molecule has 3 nitrogen and oxygen atoms in total. The SMILES string of the molecule is CC[C@@H](CCCCCn1ccnc1)CCOC. The zero-order valence-corrected chi connectivity index (χ0v) is 11.3. The standard InChI is InChI=1S/C14H26N2O/c1-3-14(8-12-17-2)7-5-4-6-10-16-11-9-15-13-16/h9,11,13-14H,3-8,10,12H2,1-2H3/t14-/m0/s1. The molecule has 0 aromatic carbocycles. The van der Waals surface area contributed by atoms with Crippen LogP contribution in [0.4, 0.5) is 0 Å². The van der Waals surface area contributed by atoms with Crippen molar-refractivity contribution in [1.29, 1.82) is 0 Å². The van der Waals surface area contributed by atoms with Crippen molar-refractivity contribution in [2.75, 3.05) is 13.7 Å². The van der Waals surface area contributed by atoms with Gasteiger partial charge >= 0.3 is 0 Å². The topological polar surface area (TPSA) is 27.1 Å². The molecule has 1 atom stereocenters. The third-order valence-corrected chi connectivity index (χ3v) is 3.40. The van der Waals surface area contributed by atoms with Gasteiger partial charge in [-0.2, -0.15) is 0 Å². The van der Waals surface area contributed by atoms with Gasteiger partial charge in [0.25, 0.3) is 0 Å². The summed E-state index contributed by atoms with van der Waals surface area (Å²) in [6.07, 6.45) is 13.6. The van der Waals surface area contributed by atoms with Gasteiger partial charge in [-0.25, -0.2) is 4.98 Å². The van der Waals surface area contributed by atoms with E-state index in [9.17, 15) is 0 Å². The predicted octanol–water partition coefficient (Wildman–Crippen LogP) is 3.51. The van der Waals surface area contributed by atoms with Gasteiger partial charge in [0, 0.05) is 32.7 Å². The van der Waals surface area contributed by atoms with Crippen LogP contribution in [0.3, 0.4) is 0 Å². The quantitative estimate of drug-likeness (QED) is 0.583. The van der Waals surface area contributed by atoms with Crippen LogP contribution in [0.1, 0.15) is 45.4 Å². The van der Waals surface area contributed by atoms with Gasteiger partial charge in [-0.05, 0) is 18.8 Å². The Hall–Kier alpha value is -0.830. The van der Waals surface area contributed by atoms with Crippen molar-refractivity contribution in [2.24, 2.45) is 5.92 Å². The zero-order valence-electron chi connectivity index (χ0n) is 11.3. The fraction of sp³-hybridized carbons (Fsp3) is 0.786. The van der Waals surface area contributed by atoms with Crippen molar-refractivity contribution in [3.63, 3.8) is 0 Å². The van der Waals surface area contributed by atoms with Crippen LogP contribution in [0.5, 0.6) is 0 Å². The summed E-state index contributed by atoms with van der Waals surface area (Å²) in [5.74, 6) is 0.850.